The van der Waals surface area contributed by atoms with E-state index in [9.17, 15) is 4.79 Å². The first-order valence-electron chi connectivity index (χ1n) is 5.04. The Hall–Kier alpha value is -0.0200. The first-order chi connectivity index (χ1) is 6.20. The summed E-state index contributed by atoms with van der Waals surface area (Å²) in [4.78, 5) is 13.8. The summed E-state index contributed by atoms with van der Waals surface area (Å²) < 4.78 is 0.335. The van der Waals surface area contributed by atoms with E-state index in [2.05, 4.69) is 11.9 Å². The molecule has 0 atom stereocenters. The molecule has 0 N–H and O–H groups in total. The molecular formula is C10H17NOS. The number of thioether (sulfide) groups is 1. The molecule has 2 fully saturated rings. The number of nitrogens with zero attached hydrogens (tertiary/aromatic N) is 1. The molecule has 0 radical (unpaired) electrons. The summed E-state index contributed by atoms with van der Waals surface area (Å²) in [7, 11) is 2.17. The molecule has 0 aromatic rings. The first kappa shape index (κ1) is 9.53. The van der Waals surface area contributed by atoms with Gasteiger partial charge in [0.05, 0.1) is 0 Å². The molecule has 0 unspecified atom stereocenters. The molecule has 0 aromatic heterocycles. The minimum Gasteiger partial charge on any atom is -0.306 e. The van der Waals surface area contributed by atoms with Crippen molar-refractivity contribution < 1.29 is 4.79 Å². The van der Waals surface area contributed by atoms with Crippen molar-refractivity contribution in [2.75, 3.05) is 25.9 Å². The number of carbonyl (C=O) groups is 1. The number of rotatable bonds is 0. The Morgan fingerprint density at radius 3 is 2.69 bits per heavy atom. The van der Waals surface area contributed by atoms with Crippen molar-refractivity contribution in [1.29, 1.82) is 0 Å². The van der Waals surface area contributed by atoms with Crippen LogP contribution in [0.4, 0.5) is 0 Å². The minimum absolute atomic E-state index is 0.335. The quantitative estimate of drug-likeness (QED) is 0.590. The lowest BCUT2D eigenvalue weighted by atomic mass is 9.89. The van der Waals surface area contributed by atoms with Crippen molar-refractivity contribution in [3.63, 3.8) is 0 Å². The van der Waals surface area contributed by atoms with Crippen molar-refractivity contribution >= 4 is 17.5 Å². The van der Waals surface area contributed by atoms with E-state index in [1.54, 1.807) is 0 Å². The molecule has 13 heavy (non-hydrogen) atoms. The van der Waals surface area contributed by atoms with Gasteiger partial charge in [0.15, 0.2) is 0 Å². The third-order valence-electron chi connectivity index (χ3n) is 3.21. The Morgan fingerprint density at radius 1 is 1.38 bits per heavy atom. The molecular weight excluding hydrogens is 182 g/mol. The standard InChI is InChI=1S/C10H17NOS/c1-11-5-3-10(4-6-11)8-9(12)2-7-13-10/h2-8H2,1H3. The van der Waals surface area contributed by atoms with E-state index in [4.69, 9.17) is 0 Å². The van der Waals surface area contributed by atoms with Crippen LogP contribution in [-0.4, -0.2) is 41.3 Å². The lowest BCUT2D eigenvalue weighted by Crippen LogP contribution is -2.43. The summed E-state index contributed by atoms with van der Waals surface area (Å²) in [6.07, 6.45) is 4.06. The second-order valence-electron chi connectivity index (χ2n) is 4.30. The number of hydrogen-bond donors (Lipinski definition) is 0. The first-order valence-corrected chi connectivity index (χ1v) is 6.03. The van der Waals surface area contributed by atoms with Crippen molar-refractivity contribution in [3.8, 4) is 0 Å². The van der Waals surface area contributed by atoms with E-state index in [1.165, 1.54) is 25.9 Å². The minimum atomic E-state index is 0.335. The van der Waals surface area contributed by atoms with Crippen LogP contribution in [-0.2, 0) is 4.79 Å². The summed E-state index contributed by atoms with van der Waals surface area (Å²) in [5.41, 5.74) is 0. The Morgan fingerprint density at radius 2 is 2.08 bits per heavy atom. The fourth-order valence-electron chi connectivity index (χ4n) is 2.23. The van der Waals surface area contributed by atoms with E-state index in [0.717, 1.165) is 18.6 Å². The predicted molar refractivity (Wildman–Crippen MR) is 56.2 cm³/mol. The highest BCUT2D eigenvalue weighted by atomic mass is 32.2. The van der Waals surface area contributed by atoms with Crippen LogP contribution in [0, 0.1) is 0 Å². The van der Waals surface area contributed by atoms with Crippen LogP contribution in [0.25, 0.3) is 0 Å². The van der Waals surface area contributed by atoms with Crippen LogP contribution in [0.2, 0.25) is 0 Å². The molecule has 0 saturated carbocycles. The molecule has 0 amide bonds. The summed E-state index contributed by atoms with van der Waals surface area (Å²) in [6, 6.07) is 0. The smallest absolute Gasteiger partial charge is 0.135 e. The SMILES string of the molecule is CN1CCC2(CC1)CC(=O)CCS2. The van der Waals surface area contributed by atoms with Gasteiger partial charge >= 0.3 is 0 Å². The highest BCUT2D eigenvalue weighted by Crippen LogP contribution is 2.42. The van der Waals surface area contributed by atoms with Gasteiger partial charge in [0.2, 0.25) is 0 Å². The molecule has 0 bridgehead atoms. The molecule has 3 heteroatoms. The Kier molecular flexibility index (Phi) is 2.65. The van der Waals surface area contributed by atoms with Gasteiger partial charge in [-0.15, -0.1) is 0 Å². The van der Waals surface area contributed by atoms with Gasteiger partial charge in [-0.1, -0.05) is 0 Å². The molecule has 74 valence electrons. The lowest BCUT2D eigenvalue weighted by molar-refractivity contribution is -0.119. The van der Waals surface area contributed by atoms with Gasteiger partial charge in [0, 0.05) is 23.3 Å². The van der Waals surface area contributed by atoms with Crippen LogP contribution >= 0.6 is 11.8 Å². The number of carbonyl (C=O) groups excluding carboxylic acids is 1. The van der Waals surface area contributed by atoms with E-state index in [0.29, 0.717) is 10.5 Å². The number of likely N-dealkylation sites (tertiary alicyclic amines) is 1. The van der Waals surface area contributed by atoms with Gasteiger partial charge in [-0.2, -0.15) is 11.8 Å². The van der Waals surface area contributed by atoms with Crippen molar-refractivity contribution in [2.45, 2.75) is 30.4 Å². The molecule has 2 saturated heterocycles. The Labute approximate surface area is 84.1 Å². The van der Waals surface area contributed by atoms with Crippen molar-refractivity contribution in [3.05, 3.63) is 0 Å². The Balaban J connectivity index is 1.99. The van der Waals surface area contributed by atoms with E-state index >= 15 is 0 Å². The molecule has 2 nitrogen and oxygen atoms in total. The summed E-state index contributed by atoms with van der Waals surface area (Å²) in [5, 5.41) is 0. The van der Waals surface area contributed by atoms with E-state index in [-0.39, 0.29) is 0 Å². The summed E-state index contributed by atoms with van der Waals surface area (Å²) in [6.45, 7) is 2.33. The maximum Gasteiger partial charge on any atom is 0.135 e. The lowest BCUT2D eigenvalue weighted by Gasteiger charge is -2.42. The summed E-state index contributed by atoms with van der Waals surface area (Å²) >= 11 is 2.04. The number of piperidine rings is 1. The fourth-order valence-corrected chi connectivity index (χ4v) is 3.72. The maximum atomic E-state index is 11.4. The molecule has 2 rings (SSSR count). The fraction of sp³-hybridized carbons (Fsp3) is 0.900. The van der Waals surface area contributed by atoms with Crippen molar-refractivity contribution in [2.24, 2.45) is 0 Å². The van der Waals surface area contributed by atoms with Gasteiger partial charge in [-0.3, -0.25) is 4.79 Å². The third-order valence-corrected chi connectivity index (χ3v) is 4.78. The third kappa shape index (κ3) is 2.08. The monoisotopic (exact) mass is 199 g/mol. The largest absolute Gasteiger partial charge is 0.306 e. The molecule has 1 spiro atoms. The van der Waals surface area contributed by atoms with Gasteiger partial charge in [-0.25, -0.2) is 0 Å². The topological polar surface area (TPSA) is 20.3 Å². The maximum absolute atomic E-state index is 11.4. The molecule has 0 aliphatic carbocycles. The second-order valence-corrected chi connectivity index (χ2v) is 5.86. The normalized spacial score (nSPS) is 29.5. The summed E-state index contributed by atoms with van der Waals surface area (Å²) in [5.74, 6) is 1.55. The zero-order chi connectivity index (χ0) is 9.31. The zero-order valence-electron chi connectivity index (χ0n) is 8.21. The van der Waals surface area contributed by atoms with Crippen LogP contribution in [0.3, 0.4) is 0 Å². The number of hydrogen-bond acceptors (Lipinski definition) is 3. The van der Waals surface area contributed by atoms with Gasteiger partial charge in [0.1, 0.15) is 5.78 Å². The zero-order valence-corrected chi connectivity index (χ0v) is 9.03. The van der Waals surface area contributed by atoms with Gasteiger partial charge in [0.25, 0.3) is 0 Å². The molecule has 2 aliphatic heterocycles. The Bertz CT molecular complexity index is 209. The average Bonchev–Trinajstić information content (AvgIpc) is 2.11. The number of Topliss-reactive ketones (excluding diaryl/α,β-unsaturated/α-hetero) is 1. The van der Waals surface area contributed by atoms with E-state index < -0.39 is 0 Å². The number of ketones is 1. The second kappa shape index (κ2) is 3.62. The van der Waals surface area contributed by atoms with Crippen LogP contribution < -0.4 is 0 Å². The molecule has 2 heterocycles. The predicted octanol–water partition coefficient (Wildman–Crippen LogP) is 1.55. The van der Waals surface area contributed by atoms with Crippen molar-refractivity contribution in [1.82, 2.24) is 4.90 Å². The van der Waals surface area contributed by atoms with Gasteiger partial charge < -0.3 is 4.90 Å². The highest BCUT2D eigenvalue weighted by molar-refractivity contribution is 8.00. The van der Waals surface area contributed by atoms with Gasteiger partial charge in [-0.05, 0) is 33.0 Å². The highest BCUT2D eigenvalue weighted by Gasteiger charge is 2.38. The molecule has 2 aliphatic rings. The van der Waals surface area contributed by atoms with Crippen LogP contribution in [0.1, 0.15) is 25.7 Å². The average molecular weight is 199 g/mol. The van der Waals surface area contributed by atoms with Crippen LogP contribution in [0.5, 0.6) is 0 Å². The van der Waals surface area contributed by atoms with E-state index in [1.807, 2.05) is 11.8 Å². The van der Waals surface area contributed by atoms with Crippen LogP contribution in [0.15, 0.2) is 0 Å². The molecule has 0 aromatic carbocycles.